The second-order valence-electron chi connectivity index (χ2n) is 5.23. The van der Waals surface area contributed by atoms with E-state index in [9.17, 15) is 4.79 Å². The topological polar surface area (TPSA) is 70.1 Å². The number of ether oxygens (including phenoxy) is 1. The Kier molecular flexibility index (Phi) is 4.15. The minimum Gasteiger partial charge on any atom is -0.461 e. The van der Waals surface area contributed by atoms with E-state index in [1.54, 1.807) is 17.8 Å². The van der Waals surface area contributed by atoms with Gasteiger partial charge in [0, 0.05) is 12.7 Å². The first-order chi connectivity index (χ1) is 7.83. The summed E-state index contributed by atoms with van der Waals surface area (Å²) < 4.78 is 6.57. The summed E-state index contributed by atoms with van der Waals surface area (Å²) in [7, 11) is 0. The van der Waals surface area contributed by atoms with Gasteiger partial charge >= 0.3 is 5.97 Å². The molecule has 5 nitrogen and oxygen atoms in total. The summed E-state index contributed by atoms with van der Waals surface area (Å²) in [6.07, 6.45) is 2.65. The monoisotopic (exact) mass is 239 g/mol. The van der Waals surface area contributed by atoms with Crippen molar-refractivity contribution in [3.05, 3.63) is 11.9 Å². The first kappa shape index (κ1) is 13.5. The number of aryl methyl sites for hydroxylation is 1. The van der Waals surface area contributed by atoms with E-state index in [2.05, 4.69) is 25.9 Å². The van der Waals surface area contributed by atoms with Gasteiger partial charge in [-0.05, 0) is 18.8 Å². The summed E-state index contributed by atoms with van der Waals surface area (Å²) in [5, 5.41) is 4.15. The van der Waals surface area contributed by atoms with Gasteiger partial charge in [0.15, 0.2) is 5.69 Å². The van der Waals surface area contributed by atoms with E-state index < -0.39 is 5.97 Å². The maximum atomic E-state index is 11.5. The van der Waals surface area contributed by atoms with Crippen molar-refractivity contribution in [3.8, 4) is 0 Å². The smallest absolute Gasteiger partial charge is 0.361 e. The van der Waals surface area contributed by atoms with Gasteiger partial charge in [-0.1, -0.05) is 20.8 Å². The number of carbonyl (C=O) groups is 1. The van der Waals surface area contributed by atoms with Gasteiger partial charge in [0.25, 0.3) is 0 Å². The number of esters is 1. The largest absolute Gasteiger partial charge is 0.461 e. The van der Waals surface area contributed by atoms with E-state index in [0.717, 1.165) is 13.0 Å². The lowest BCUT2D eigenvalue weighted by Crippen LogP contribution is -2.12. The van der Waals surface area contributed by atoms with Crippen molar-refractivity contribution in [1.29, 1.82) is 0 Å². The predicted octanol–water partition coefficient (Wildman–Crippen LogP) is 2.08. The summed E-state index contributed by atoms with van der Waals surface area (Å²) in [5.41, 5.74) is 6.54. The van der Waals surface area contributed by atoms with Crippen LogP contribution >= 0.6 is 0 Å². The molecule has 1 rings (SSSR count). The van der Waals surface area contributed by atoms with Crippen molar-refractivity contribution in [2.45, 2.75) is 40.7 Å². The van der Waals surface area contributed by atoms with Crippen molar-refractivity contribution in [2.24, 2.45) is 5.41 Å². The second kappa shape index (κ2) is 5.21. The molecule has 0 aromatic carbocycles. The molecule has 0 bridgehead atoms. The van der Waals surface area contributed by atoms with E-state index >= 15 is 0 Å². The second-order valence-corrected chi connectivity index (χ2v) is 5.23. The lowest BCUT2D eigenvalue weighted by atomic mass is 9.92. The van der Waals surface area contributed by atoms with E-state index in [0.29, 0.717) is 12.3 Å². The maximum Gasteiger partial charge on any atom is 0.361 e. The predicted molar refractivity (Wildman–Crippen MR) is 66.7 cm³/mol. The average Bonchev–Trinajstić information content (AvgIpc) is 2.56. The molecule has 5 heteroatoms. The number of hydrogen-bond donors (Lipinski definition) is 1. The van der Waals surface area contributed by atoms with Crippen molar-refractivity contribution < 1.29 is 9.53 Å². The highest BCUT2D eigenvalue weighted by Gasteiger charge is 2.17. The Labute approximate surface area is 102 Å². The molecule has 0 saturated carbocycles. The number of anilines is 1. The third kappa shape index (κ3) is 4.09. The Morgan fingerprint density at radius 2 is 2.18 bits per heavy atom. The molecule has 2 N–H and O–H groups in total. The molecule has 0 saturated heterocycles. The molecule has 0 fully saturated rings. The first-order valence-electron chi connectivity index (χ1n) is 5.83. The Morgan fingerprint density at radius 1 is 1.53 bits per heavy atom. The minimum absolute atomic E-state index is 0.209. The summed E-state index contributed by atoms with van der Waals surface area (Å²) in [5.74, 6) is -0.459. The van der Waals surface area contributed by atoms with Crippen LogP contribution in [0.15, 0.2) is 6.20 Å². The van der Waals surface area contributed by atoms with Crippen LogP contribution in [0.3, 0.4) is 0 Å². The number of nitrogen functional groups attached to an aromatic ring is 1. The van der Waals surface area contributed by atoms with Gasteiger partial charge in [-0.3, -0.25) is 4.68 Å². The molecule has 0 aliphatic heterocycles. The Morgan fingerprint density at radius 3 is 2.71 bits per heavy atom. The van der Waals surface area contributed by atoms with Gasteiger partial charge in [-0.15, -0.1) is 0 Å². The van der Waals surface area contributed by atoms with Crippen LogP contribution in [0.25, 0.3) is 0 Å². The van der Waals surface area contributed by atoms with Crippen LogP contribution in [-0.4, -0.2) is 22.4 Å². The van der Waals surface area contributed by atoms with Crippen LogP contribution in [0.5, 0.6) is 0 Å². The summed E-state index contributed by atoms with van der Waals surface area (Å²) in [6.45, 7) is 9.30. The quantitative estimate of drug-likeness (QED) is 0.817. The van der Waals surface area contributed by atoms with E-state index in [4.69, 9.17) is 10.5 Å². The molecule has 0 amide bonds. The van der Waals surface area contributed by atoms with E-state index in [1.165, 1.54) is 0 Å². The molecule has 1 aromatic rings. The van der Waals surface area contributed by atoms with Gasteiger partial charge in [-0.2, -0.15) is 5.10 Å². The summed E-state index contributed by atoms with van der Waals surface area (Å²) >= 11 is 0. The zero-order chi connectivity index (χ0) is 13.1. The number of aromatic nitrogens is 2. The van der Waals surface area contributed by atoms with Crippen molar-refractivity contribution >= 4 is 11.7 Å². The number of nitrogens with zero attached hydrogens (tertiary/aromatic N) is 2. The molecule has 96 valence electrons. The van der Waals surface area contributed by atoms with Crippen LogP contribution in [0.2, 0.25) is 0 Å². The van der Waals surface area contributed by atoms with E-state index in [-0.39, 0.29) is 11.1 Å². The summed E-state index contributed by atoms with van der Waals surface area (Å²) in [4.78, 5) is 11.5. The van der Waals surface area contributed by atoms with Gasteiger partial charge in [-0.25, -0.2) is 4.79 Å². The minimum atomic E-state index is -0.459. The lowest BCUT2D eigenvalue weighted by Gasteiger charge is -2.17. The third-order valence-electron chi connectivity index (χ3n) is 2.35. The zero-order valence-corrected chi connectivity index (χ0v) is 11.0. The highest BCUT2D eigenvalue weighted by molar-refractivity contribution is 5.92. The molecular formula is C12H21N3O2. The zero-order valence-electron chi connectivity index (χ0n) is 11.0. The molecule has 1 heterocycles. The van der Waals surface area contributed by atoms with Crippen LogP contribution in [0.4, 0.5) is 5.69 Å². The summed E-state index contributed by atoms with van der Waals surface area (Å²) in [6, 6.07) is 0. The fourth-order valence-electron chi connectivity index (χ4n) is 1.36. The van der Waals surface area contributed by atoms with Crippen molar-refractivity contribution in [2.75, 3.05) is 12.3 Å². The van der Waals surface area contributed by atoms with Gasteiger partial charge in [0.1, 0.15) is 0 Å². The standard InChI is InChI=1S/C12H21N3O2/c1-5-17-11(16)10-9(13)8-15(14-10)7-6-12(2,3)4/h8H,5-7,13H2,1-4H3. The van der Waals surface area contributed by atoms with Gasteiger partial charge < -0.3 is 10.5 Å². The van der Waals surface area contributed by atoms with Crippen LogP contribution in [0, 0.1) is 5.41 Å². The molecular weight excluding hydrogens is 218 g/mol. The fourth-order valence-corrected chi connectivity index (χ4v) is 1.36. The highest BCUT2D eigenvalue weighted by Crippen LogP contribution is 2.20. The molecule has 0 unspecified atom stereocenters. The molecule has 0 radical (unpaired) electrons. The normalized spacial score (nSPS) is 11.5. The SMILES string of the molecule is CCOC(=O)c1nn(CCC(C)(C)C)cc1N. The molecule has 0 atom stereocenters. The number of carbonyl (C=O) groups excluding carboxylic acids is 1. The van der Waals surface area contributed by atoms with Crippen LogP contribution in [0.1, 0.15) is 44.6 Å². The van der Waals surface area contributed by atoms with Crippen molar-refractivity contribution in [1.82, 2.24) is 9.78 Å². The lowest BCUT2D eigenvalue weighted by molar-refractivity contribution is 0.0519. The Bertz CT molecular complexity index is 391. The van der Waals surface area contributed by atoms with Crippen LogP contribution in [-0.2, 0) is 11.3 Å². The average molecular weight is 239 g/mol. The Hall–Kier alpha value is -1.52. The number of nitrogens with two attached hydrogens (primary N) is 1. The third-order valence-corrected chi connectivity index (χ3v) is 2.35. The highest BCUT2D eigenvalue weighted by atomic mass is 16.5. The van der Waals surface area contributed by atoms with Crippen LogP contribution < -0.4 is 5.73 Å². The molecule has 17 heavy (non-hydrogen) atoms. The number of rotatable bonds is 4. The molecule has 0 aliphatic carbocycles. The maximum absolute atomic E-state index is 11.5. The fraction of sp³-hybridized carbons (Fsp3) is 0.667. The van der Waals surface area contributed by atoms with Gasteiger partial charge in [0.2, 0.25) is 0 Å². The molecule has 0 spiro atoms. The molecule has 1 aromatic heterocycles. The molecule has 0 aliphatic rings. The van der Waals surface area contributed by atoms with Gasteiger partial charge in [0.05, 0.1) is 12.3 Å². The Balaban J connectivity index is 2.71. The number of hydrogen-bond acceptors (Lipinski definition) is 4. The first-order valence-corrected chi connectivity index (χ1v) is 5.83. The van der Waals surface area contributed by atoms with E-state index in [1.807, 2.05) is 0 Å². The van der Waals surface area contributed by atoms with Crippen molar-refractivity contribution in [3.63, 3.8) is 0 Å².